The quantitative estimate of drug-likeness (QED) is 0.595. The van der Waals surface area contributed by atoms with E-state index in [1.54, 1.807) is 48.5 Å². The summed E-state index contributed by atoms with van der Waals surface area (Å²) in [6.45, 7) is 0. The Kier molecular flexibility index (Phi) is 3.14. The molecule has 2 atom stereocenters. The number of nitrogens with zero attached hydrogens (tertiary/aromatic N) is 2. The van der Waals surface area contributed by atoms with Crippen LogP contribution < -0.4 is 0 Å². The molecule has 0 fully saturated rings. The van der Waals surface area contributed by atoms with Gasteiger partial charge in [-0.25, -0.2) is 4.21 Å². The highest BCUT2D eigenvalue weighted by Gasteiger charge is 2.44. The zero-order chi connectivity index (χ0) is 14.1. The lowest BCUT2D eigenvalue weighted by Crippen LogP contribution is -2.32. The first-order chi connectivity index (χ1) is 9.74. The van der Waals surface area contributed by atoms with Gasteiger partial charge < -0.3 is 5.53 Å². The fourth-order valence-corrected chi connectivity index (χ4v) is 3.68. The van der Waals surface area contributed by atoms with Gasteiger partial charge in [0.1, 0.15) is 0 Å². The van der Waals surface area contributed by atoms with Gasteiger partial charge in [-0.15, -0.1) is 0 Å². The highest BCUT2D eigenvalue weighted by atomic mass is 32.2. The summed E-state index contributed by atoms with van der Waals surface area (Å²) in [7, 11) is -1.63. The van der Waals surface area contributed by atoms with Crippen molar-refractivity contribution in [1.82, 2.24) is 0 Å². The fraction of sp³-hybridized carbons (Fsp3) is 0.0667. The molecule has 0 radical (unpaired) electrons. The third-order valence-corrected chi connectivity index (χ3v) is 4.74. The van der Waals surface area contributed by atoms with Gasteiger partial charge in [-0.3, -0.25) is 4.79 Å². The molecule has 0 bridgehead atoms. The highest BCUT2D eigenvalue weighted by Crippen LogP contribution is 2.32. The van der Waals surface area contributed by atoms with Crippen LogP contribution >= 0.6 is 0 Å². The monoisotopic (exact) mass is 282 g/mol. The van der Waals surface area contributed by atoms with Crippen LogP contribution in [-0.2, 0) is 10.8 Å². The van der Waals surface area contributed by atoms with E-state index >= 15 is 0 Å². The predicted molar refractivity (Wildman–Crippen MR) is 75.0 cm³/mol. The molecular weight excluding hydrogens is 272 g/mol. The number of hydrogen-bond acceptors (Lipinski definition) is 2. The molecule has 0 spiro atoms. The fourth-order valence-electron chi connectivity index (χ4n) is 2.35. The molecule has 0 aromatic heterocycles. The second-order valence-corrected chi connectivity index (χ2v) is 5.81. The van der Waals surface area contributed by atoms with Crippen LogP contribution in [0.4, 0.5) is 0 Å². The van der Waals surface area contributed by atoms with E-state index in [-0.39, 0.29) is 10.8 Å². The largest absolute Gasteiger partial charge is 0.375 e. The van der Waals surface area contributed by atoms with Crippen molar-refractivity contribution in [1.29, 1.82) is 0 Å². The number of ketones is 1. The summed E-state index contributed by atoms with van der Waals surface area (Å²) in [4.78, 5) is 16.1. The summed E-state index contributed by atoms with van der Waals surface area (Å²) in [5.41, 5.74) is 10.3. The van der Waals surface area contributed by atoms with Crippen molar-refractivity contribution < 1.29 is 13.8 Å². The molecule has 1 aliphatic heterocycles. The van der Waals surface area contributed by atoms with Crippen LogP contribution in [0.2, 0.25) is 0 Å². The number of Topliss-reactive ketones (excluding diaryl/α,β-unsaturated/α-hetero) is 1. The van der Waals surface area contributed by atoms with Gasteiger partial charge in [0, 0.05) is 5.56 Å². The summed E-state index contributed by atoms with van der Waals surface area (Å²) >= 11 is 0. The van der Waals surface area contributed by atoms with Crippen LogP contribution in [0.3, 0.4) is 0 Å². The highest BCUT2D eigenvalue weighted by molar-refractivity contribution is 8.00. The Hall–Kier alpha value is -2.36. The molecule has 1 heterocycles. The van der Waals surface area contributed by atoms with Gasteiger partial charge in [0.15, 0.2) is 22.5 Å². The molecular formula is C15H10N2O2S. The molecule has 0 amide bonds. The van der Waals surface area contributed by atoms with Gasteiger partial charge in [0.25, 0.3) is 0 Å². The maximum absolute atomic E-state index is 12.6. The Morgan fingerprint density at radius 2 is 1.65 bits per heavy atom. The molecule has 0 saturated heterocycles. The molecule has 0 saturated carbocycles. The minimum atomic E-state index is -1.63. The summed E-state index contributed by atoms with van der Waals surface area (Å²) in [6, 6.07) is 15.7. The molecule has 98 valence electrons. The molecule has 2 unspecified atom stereocenters. The second kappa shape index (κ2) is 4.96. The van der Waals surface area contributed by atoms with Gasteiger partial charge >= 0.3 is 5.04 Å². The Bertz CT molecular complexity index is 764. The van der Waals surface area contributed by atoms with Crippen molar-refractivity contribution in [3.63, 3.8) is 0 Å². The maximum Gasteiger partial charge on any atom is 0.375 e. The van der Waals surface area contributed by atoms with Crippen molar-refractivity contribution in [2.24, 2.45) is 0 Å². The molecule has 1 aliphatic rings. The van der Waals surface area contributed by atoms with Gasteiger partial charge in [-0.1, -0.05) is 48.5 Å². The lowest BCUT2D eigenvalue weighted by Gasteiger charge is -2.19. The van der Waals surface area contributed by atoms with Crippen LogP contribution in [0.25, 0.3) is 5.53 Å². The van der Waals surface area contributed by atoms with E-state index in [0.29, 0.717) is 16.0 Å². The zero-order valence-corrected chi connectivity index (χ0v) is 11.2. The van der Waals surface area contributed by atoms with E-state index in [0.717, 1.165) is 0 Å². The summed E-state index contributed by atoms with van der Waals surface area (Å²) < 4.78 is 12.4. The van der Waals surface area contributed by atoms with Crippen LogP contribution in [0.15, 0.2) is 59.5 Å². The van der Waals surface area contributed by atoms with E-state index in [2.05, 4.69) is 4.79 Å². The van der Waals surface area contributed by atoms with E-state index in [1.165, 1.54) is 0 Å². The van der Waals surface area contributed by atoms with Gasteiger partial charge in [0.05, 0.1) is 4.90 Å². The SMILES string of the molecule is [N-]=[N+]=C1C(c2ccccc2)C(=O)c2ccccc2S1=O. The first-order valence-electron chi connectivity index (χ1n) is 6.06. The van der Waals surface area contributed by atoms with Gasteiger partial charge in [-0.05, 0) is 11.6 Å². The van der Waals surface area contributed by atoms with Crippen LogP contribution in [0.1, 0.15) is 21.8 Å². The first kappa shape index (κ1) is 12.7. The van der Waals surface area contributed by atoms with Crippen LogP contribution in [0, 0.1) is 0 Å². The van der Waals surface area contributed by atoms with Crippen LogP contribution in [0.5, 0.6) is 0 Å². The maximum atomic E-state index is 12.6. The van der Waals surface area contributed by atoms with Crippen molar-refractivity contribution in [3.8, 4) is 0 Å². The molecule has 0 N–H and O–H groups in total. The Morgan fingerprint density at radius 3 is 2.35 bits per heavy atom. The third-order valence-electron chi connectivity index (χ3n) is 3.28. The molecule has 2 aromatic rings. The van der Waals surface area contributed by atoms with E-state index in [9.17, 15) is 14.5 Å². The third kappa shape index (κ3) is 1.84. The average molecular weight is 282 g/mol. The number of benzene rings is 2. The molecule has 5 heteroatoms. The Labute approximate surface area is 118 Å². The molecule has 2 aromatic carbocycles. The van der Waals surface area contributed by atoms with E-state index < -0.39 is 16.7 Å². The topological polar surface area (TPSA) is 70.5 Å². The number of rotatable bonds is 1. The van der Waals surface area contributed by atoms with Crippen molar-refractivity contribution in [2.75, 3.05) is 0 Å². The number of carbonyl (C=O) groups is 1. The Morgan fingerprint density at radius 1 is 1.00 bits per heavy atom. The van der Waals surface area contributed by atoms with E-state index in [4.69, 9.17) is 0 Å². The summed E-state index contributed by atoms with van der Waals surface area (Å²) in [5, 5.41) is -0.0140. The summed E-state index contributed by atoms with van der Waals surface area (Å²) in [6.07, 6.45) is 0. The predicted octanol–water partition coefficient (Wildman–Crippen LogP) is 2.40. The number of hydrogen-bond donors (Lipinski definition) is 0. The van der Waals surface area contributed by atoms with E-state index in [1.807, 2.05) is 6.07 Å². The van der Waals surface area contributed by atoms with Crippen molar-refractivity contribution >= 4 is 21.6 Å². The Balaban J connectivity index is 2.25. The molecule has 3 rings (SSSR count). The molecule has 0 aliphatic carbocycles. The van der Waals surface area contributed by atoms with Crippen LogP contribution in [-0.4, -0.2) is 19.8 Å². The first-order valence-corrected chi connectivity index (χ1v) is 7.21. The molecule has 4 nitrogen and oxygen atoms in total. The van der Waals surface area contributed by atoms with Gasteiger partial charge in [-0.2, -0.15) is 4.79 Å². The number of fused-ring (bicyclic) bond motifs is 1. The lowest BCUT2D eigenvalue weighted by atomic mass is 9.91. The zero-order valence-electron chi connectivity index (χ0n) is 10.4. The standard InChI is InChI=1S/C15H10N2O2S/c16-17-15-13(10-6-2-1-3-7-10)14(18)11-8-4-5-9-12(11)20(15)19/h1-9,13H. The summed E-state index contributed by atoms with van der Waals surface area (Å²) in [5.74, 6) is -0.990. The number of carbonyl (C=O) groups excluding carboxylic acids is 1. The van der Waals surface area contributed by atoms with Crippen molar-refractivity contribution in [2.45, 2.75) is 10.8 Å². The smallest absolute Gasteiger partial charge is 0.360 e. The minimum Gasteiger partial charge on any atom is -0.360 e. The molecule has 20 heavy (non-hydrogen) atoms. The van der Waals surface area contributed by atoms with Gasteiger partial charge in [0.2, 0.25) is 0 Å². The van der Waals surface area contributed by atoms with Crippen molar-refractivity contribution in [3.05, 3.63) is 71.3 Å². The lowest BCUT2D eigenvalue weighted by molar-refractivity contribution is -0.00409. The minimum absolute atomic E-state index is 0.0140. The second-order valence-electron chi connectivity index (χ2n) is 4.41. The average Bonchev–Trinajstić information content (AvgIpc) is 2.51. The normalized spacial score (nSPS) is 21.2.